The van der Waals surface area contributed by atoms with Crippen molar-refractivity contribution in [2.24, 2.45) is 5.92 Å². The Labute approximate surface area is 172 Å². The van der Waals surface area contributed by atoms with E-state index in [9.17, 15) is 9.59 Å². The van der Waals surface area contributed by atoms with Gasteiger partial charge in [-0.3, -0.25) is 9.59 Å². The van der Waals surface area contributed by atoms with E-state index in [1.807, 2.05) is 30.3 Å². The van der Waals surface area contributed by atoms with Crippen LogP contribution in [0.1, 0.15) is 34.6 Å². The first-order valence-electron chi connectivity index (χ1n) is 9.94. The molecule has 3 rings (SSSR count). The van der Waals surface area contributed by atoms with Crippen molar-refractivity contribution in [3.05, 3.63) is 59.7 Å². The highest BCUT2D eigenvalue weighted by Gasteiger charge is 2.26. The lowest BCUT2D eigenvalue weighted by molar-refractivity contribution is 0.0535. The fourth-order valence-electron chi connectivity index (χ4n) is 3.23. The van der Waals surface area contributed by atoms with E-state index in [0.29, 0.717) is 61.3 Å². The van der Waals surface area contributed by atoms with Gasteiger partial charge in [-0.15, -0.1) is 0 Å². The molecule has 2 aromatic carbocycles. The lowest BCUT2D eigenvalue weighted by Gasteiger charge is -2.35. The first kappa shape index (κ1) is 20.7. The maximum absolute atomic E-state index is 12.9. The van der Waals surface area contributed by atoms with Crippen LogP contribution >= 0.6 is 0 Å². The van der Waals surface area contributed by atoms with E-state index >= 15 is 0 Å². The average Bonchev–Trinajstić information content (AvgIpc) is 2.77. The van der Waals surface area contributed by atoms with Gasteiger partial charge in [-0.05, 0) is 36.2 Å². The van der Waals surface area contributed by atoms with Crippen LogP contribution in [0.25, 0.3) is 0 Å². The van der Waals surface area contributed by atoms with Crippen LogP contribution in [0.15, 0.2) is 48.5 Å². The van der Waals surface area contributed by atoms with Crippen molar-refractivity contribution < 1.29 is 19.1 Å². The maximum atomic E-state index is 12.9. The van der Waals surface area contributed by atoms with Crippen molar-refractivity contribution in [3.8, 4) is 11.5 Å². The number of amides is 2. The first-order valence-corrected chi connectivity index (χ1v) is 9.94. The highest BCUT2D eigenvalue weighted by molar-refractivity contribution is 5.96. The van der Waals surface area contributed by atoms with Gasteiger partial charge in [-0.2, -0.15) is 0 Å². The van der Waals surface area contributed by atoms with Crippen molar-refractivity contribution in [3.63, 3.8) is 0 Å². The molecule has 2 aromatic rings. The summed E-state index contributed by atoms with van der Waals surface area (Å²) in [6.07, 6.45) is 0. The number of carbonyl (C=O) groups is 2. The summed E-state index contributed by atoms with van der Waals surface area (Å²) in [4.78, 5) is 29.1. The van der Waals surface area contributed by atoms with Crippen molar-refractivity contribution in [2.75, 3.05) is 39.9 Å². The van der Waals surface area contributed by atoms with E-state index in [4.69, 9.17) is 9.47 Å². The Hall–Kier alpha value is -3.02. The molecule has 0 unspecified atom stereocenters. The number of hydrogen-bond donors (Lipinski definition) is 0. The van der Waals surface area contributed by atoms with Crippen molar-refractivity contribution in [1.29, 1.82) is 0 Å². The Morgan fingerprint density at radius 3 is 2.00 bits per heavy atom. The number of carbonyl (C=O) groups excluding carboxylic acids is 2. The molecule has 0 aromatic heterocycles. The predicted octanol–water partition coefficient (Wildman–Crippen LogP) is 3.33. The maximum Gasteiger partial charge on any atom is 0.254 e. The van der Waals surface area contributed by atoms with Gasteiger partial charge in [-0.1, -0.05) is 32.0 Å². The Balaban J connectivity index is 1.62. The minimum atomic E-state index is -0.0643. The van der Waals surface area contributed by atoms with E-state index < -0.39 is 0 Å². The topological polar surface area (TPSA) is 59.1 Å². The van der Waals surface area contributed by atoms with Crippen LogP contribution in [0.4, 0.5) is 0 Å². The molecule has 6 nitrogen and oxygen atoms in total. The fourth-order valence-corrected chi connectivity index (χ4v) is 3.23. The first-order chi connectivity index (χ1) is 14.0. The molecule has 29 heavy (non-hydrogen) atoms. The summed E-state index contributed by atoms with van der Waals surface area (Å²) in [6, 6.07) is 14.5. The molecule has 0 spiro atoms. The van der Waals surface area contributed by atoms with E-state index in [0.717, 1.165) is 0 Å². The number of methoxy groups -OCH3 is 1. The number of ether oxygens (including phenoxy) is 2. The summed E-state index contributed by atoms with van der Waals surface area (Å²) >= 11 is 0. The molecule has 0 bridgehead atoms. The summed E-state index contributed by atoms with van der Waals surface area (Å²) in [6.45, 7) is 6.79. The summed E-state index contributed by atoms with van der Waals surface area (Å²) in [7, 11) is 1.57. The molecule has 2 amide bonds. The van der Waals surface area contributed by atoms with Crippen LogP contribution in [-0.4, -0.2) is 61.5 Å². The minimum absolute atomic E-state index is 0.00558. The van der Waals surface area contributed by atoms with Crippen LogP contribution in [0.2, 0.25) is 0 Å². The standard InChI is InChI=1S/C23H28N2O4/c1-17(2)16-29-20-10-9-19(15-21(20)28-3)23(27)25-13-11-24(12-14-25)22(26)18-7-5-4-6-8-18/h4-10,15,17H,11-14,16H2,1-3H3. The van der Waals surface area contributed by atoms with E-state index in [-0.39, 0.29) is 11.8 Å². The van der Waals surface area contributed by atoms with Crippen molar-refractivity contribution in [1.82, 2.24) is 9.80 Å². The second kappa shape index (κ2) is 9.45. The summed E-state index contributed by atoms with van der Waals surface area (Å²) in [5.74, 6) is 1.53. The highest BCUT2D eigenvalue weighted by Crippen LogP contribution is 2.29. The van der Waals surface area contributed by atoms with Gasteiger partial charge >= 0.3 is 0 Å². The smallest absolute Gasteiger partial charge is 0.254 e. The second-order valence-electron chi connectivity index (χ2n) is 7.52. The number of nitrogens with zero attached hydrogens (tertiary/aromatic N) is 2. The molecule has 1 saturated heterocycles. The van der Waals surface area contributed by atoms with Gasteiger partial charge in [0.25, 0.3) is 11.8 Å². The van der Waals surface area contributed by atoms with E-state index in [2.05, 4.69) is 13.8 Å². The molecule has 1 aliphatic heterocycles. The van der Waals surface area contributed by atoms with Gasteiger partial charge in [0.1, 0.15) is 0 Å². The van der Waals surface area contributed by atoms with Crippen LogP contribution in [-0.2, 0) is 0 Å². The summed E-state index contributed by atoms with van der Waals surface area (Å²) in [5, 5.41) is 0. The minimum Gasteiger partial charge on any atom is -0.493 e. The highest BCUT2D eigenvalue weighted by atomic mass is 16.5. The van der Waals surface area contributed by atoms with Gasteiger partial charge in [0.15, 0.2) is 11.5 Å². The normalized spacial score (nSPS) is 14.1. The van der Waals surface area contributed by atoms with Crippen molar-refractivity contribution in [2.45, 2.75) is 13.8 Å². The third-order valence-electron chi connectivity index (χ3n) is 4.86. The Bertz CT molecular complexity index is 843. The van der Waals surface area contributed by atoms with Crippen LogP contribution in [0, 0.1) is 5.92 Å². The molecule has 1 aliphatic rings. The van der Waals surface area contributed by atoms with Crippen molar-refractivity contribution >= 4 is 11.8 Å². The molecule has 0 saturated carbocycles. The molecule has 1 fully saturated rings. The second-order valence-corrected chi connectivity index (χ2v) is 7.52. The number of benzene rings is 2. The molecule has 0 N–H and O–H groups in total. The number of hydrogen-bond acceptors (Lipinski definition) is 4. The lowest BCUT2D eigenvalue weighted by Crippen LogP contribution is -2.50. The average molecular weight is 396 g/mol. The van der Waals surface area contributed by atoms with Gasteiger partial charge in [0, 0.05) is 37.3 Å². The molecule has 0 radical (unpaired) electrons. The number of piperazine rings is 1. The Morgan fingerprint density at radius 1 is 0.862 bits per heavy atom. The van der Waals surface area contributed by atoms with Gasteiger partial charge in [0.05, 0.1) is 13.7 Å². The zero-order chi connectivity index (χ0) is 20.8. The predicted molar refractivity (Wildman–Crippen MR) is 112 cm³/mol. The molecule has 6 heteroatoms. The molecule has 154 valence electrons. The molecular formula is C23H28N2O4. The molecule has 0 aliphatic carbocycles. The SMILES string of the molecule is COc1cc(C(=O)N2CCN(C(=O)c3ccccc3)CC2)ccc1OCC(C)C. The fraction of sp³-hybridized carbons (Fsp3) is 0.391. The molecule has 1 heterocycles. The van der Waals surface area contributed by atoms with Crippen LogP contribution in [0.5, 0.6) is 11.5 Å². The summed E-state index contributed by atoms with van der Waals surface area (Å²) in [5.41, 5.74) is 1.23. The molecular weight excluding hydrogens is 368 g/mol. The van der Waals surface area contributed by atoms with Gasteiger partial charge in [-0.25, -0.2) is 0 Å². The zero-order valence-electron chi connectivity index (χ0n) is 17.3. The van der Waals surface area contributed by atoms with Gasteiger partial charge in [0.2, 0.25) is 0 Å². The Kier molecular flexibility index (Phi) is 6.75. The van der Waals surface area contributed by atoms with E-state index in [1.54, 1.807) is 35.1 Å². The third-order valence-corrected chi connectivity index (χ3v) is 4.86. The summed E-state index contributed by atoms with van der Waals surface area (Å²) < 4.78 is 11.2. The Morgan fingerprint density at radius 2 is 1.45 bits per heavy atom. The van der Waals surface area contributed by atoms with E-state index in [1.165, 1.54) is 0 Å². The van der Waals surface area contributed by atoms with Crippen LogP contribution in [0.3, 0.4) is 0 Å². The van der Waals surface area contributed by atoms with Gasteiger partial charge < -0.3 is 19.3 Å². The molecule has 0 atom stereocenters. The lowest BCUT2D eigenvalue weighted by atomic mass is 10.1. The number of rotatable bonds is 6. The largest absolute Gasteiger partial charge is 0.493 e. The third kappa shape index (κ3) is 5.08. The quantitative estimate of drug-likeness (QED) is 0.752. The van der Waals surface area contributed by atoms with Crippen LogP contribution < -0.4 is 9.47 Å². The monoisotopic (exact) mass is 396 g/mol. The zero-order valence-corrected chi connectivity index (χ0v) is 17.3.